The zero-order chi connectivity index (χ0) is 11.7. The second-order valence-corrected chi connectivity index (χ2v) is 4.17. The van der Waals surface area contributed by atoms with Gasteiger partial charge in [-0.2, -0.15) is 0 Å². The number of aliphatic hydroxyl groups is 1. The number of imidazole rings is 1. The van der Waals surface area contributed by atoms with Gasteiger partial charge in [0.15, 0.2) is 0 Å². The Bertz CT molecular complexity index is 507. The first-order chi connectivity index (χ1) is 8.36. The van der Waals surface area contributed by atoms with E-state index in [1.54, 1.807) is 0 Å². The molecule has 1 aromatic heterocycles. The van der Waals surface area contributed by atoms with Crippen LogP contribution in [0.2, 0.25) is 0 Å². The van der Waals surface area contributed by atoms with Gasteiger partial charge in [-0.15, -0.1) is 0 Å². The van der Waals surface area contributed by atoms with E-state index in [1.165, 1.54) is 5.56 Å². The number of hydrogen-bond donors (Lipinski definition) is 1. The Morgan fingerprint density at radius 1 is 1.35 bits per heavy atom. The van der Waals surface area contributed by atoms with Crippen molar-refractivity contribution in [2.75, 3.05) is 0 Å². The molecule has 1 aromatic carbocycles. The van der Waals surface area contributed by atoms with E-state index in [0.717, 1.165) is 12.4 Å². The van der Waals surface area contributed by atoms with E-state index >= 15 is 0 Å². The maximum absolute atomic E-state index is 9.05. The van der Waals surface area contributed by atoms with E-state index in [-0.39, 0.29) is 12.7 Å². The molecule has 3 rings (SSSR count). The van der Waals surface area contributed by atoms with Crippen LogP contribution in [0.15, 0.2) is 36.5 Å². The molecule has 1 atom stereocenters. The van der Waals surface area contributed by atoms with Crippen molar-refractivity contribution in [2.24, 2.45) is 0 Å². The zero-order valence-electron chi connectivity index (χ0n) is 9.41. The van der Waals surface area contributed by atoms with E-state index in [1.807, 2.05) is 24.4 Å². The van der Waals surface area contributed by atoms with E-state index in [2.05, 4.69) is 21.7 Å². The van der Waals surface area contributed by atoms with Gasteiger partial charge in [0, 0.05) is 6.20 Å². The molecule has 1 N–H and O–H groups in total. The van der Waals surface area contributed by atoms with Crippen LogP contribution in [0.25, 0.3) is 0 Å². The van der Waals surface area contributed by atoms with E-state index in [9.17, 15) is 0 Å². The summed E-state index contributed by atoms with van der Waals surface area (Å²) in [6.45, 7) is 1.24. The first-order valence-electron chi connectivity index (χ1n) is 5.69. The molecule has 0 aliphatic carbocycles. The van der Waals surface area contributed by atoms with Gasteiger partial charge in [-0.3, -0.25) is 0 Å². The van der Waals surface area contributed by atoms with Gasteiger partial charge < -0.3 is 14.4 Å². The summed E-state index contributed by atoms with van der Waals surface area (Å²) >= 11 is 0. The third-order valence-electron chi connectivity index (χ3n) is 3.02. The molecule has 0 amide bonds. The number of aromatic nitrogens is 2. The Labute approximate surface area is 99.5 Å². The molecule has 2 aromatic rings. The summed E-state index contributed by atoms with van der Waals surface area (Å²) in [6.07, 6.45) is 1.97. The molecule has 88 valence electrons. The van der Waals surface area contributed by atoms with Crippen LogP contribution in [0.3, 0.4) is 0 Å². The second kappa shape index (κ2) is 4.31. The molecule has 0 saturated heterocycles. The van der Waals surface area contributed by atoms with Gasteiger partial charge in [0.05, 0.1) is 18.8 Å². The van der Waals surface area contributed by atoms with Crippen LogP contribution in [0, 0.1) is 0 Å². The number of hydrogen-bond acceptors (Lipinski definition) is 3. The van der Waals surface area contributed by atoms with Crippen LogP contribution >= 0.6 is 0 Å². The van der Waals surface area contributed by atoms with Crippen LogP contribution in [-0.2, 0) is 24.5 Å². The molecule has 17 heavy (non-hydrogen) atoms. The fourth-order valence-electron chi connectivity index (χ4n) is 2.14. The molecule has 0 fully saturated rings. The molecule has 0 radical (unpaired) electrons. The predicted molar refractivity (Wildman–Crippen MR) is 62.1 cm³/mol. The van der Waals surface area contributed by atoms with Crippen molar-refractivity contribution in [2.45, 2.75) is 25.9 Å². The molecule has 2 heterocycles. The molecular formula is C13H14N2O2. The van der Waals surface area contributed by atoms with E-state index < -0.39 is 0 Å². The topological polar surface area (TPSA) is 47.3 Å². The maximum Gasteiger partial charge on any atom is 0.135 e. The molecule has 4 heteroatoms. The van der Waals surface area contributed by atoms with Gasteiger partial charge in [-0.1, -0.05) is 30.3 Å². The Hall–Kier alpha value is -1.65. The van der Waals surface area contributed by atoms with Crippen molar-refractivity contribution in [3.63, 3.8) is 0 Å². The fraction of sp³-hybridized carbons (Fsp3) is 0.308. The first-order valence-corrected chi connectivity index (χ1v) is 5.69. The van der Waals surface area contributed by atoms with Crippen LogP contribution in [0.1, 0.15) is 23.2 Å². The number of nitrogens with zero attached hydrogens (tertiary/aromatic N) is 2. The lowest BCUT2D eigenvalue weighted by Crippen LogP contribution is -2.20. The minimum absolute atomic E-state index is 0.0179. The Morgan fingerprint density at radius 3 is 2.94 bits per heavy atom. The van der Waals surface area contributed by atoms with Gasteiger partial charge in [-0.25, -0.2) is 4.98 Å². The van der Waals surface area contributed by atoms with Crippen molar-refractivity contribution in [1.29, 1.82) is 0 Å². The highest BCUT2D eigenvalue weighted by Gasteiger charge is 2.21. The lowest BCUT2D eigenvalue weighted by Gasteiger charge is -2.24. The molecule has 1 aliphatic heterocycles. The number of benzene rings is 1. The molecular weight excluding hydrogens is 216 g/mol. The summed E-state index contributed by atoms with van der Waals surface area (Å²) in [5, 5.41) is 9.05. The highest BCUT2D eigenvalue weighted by Crippen LogP contribution is 2.26. The zero-order valence-corrected chi connectivity index (χ0v) is 9.41. The first kappa shape index (κ1) is 10.5. The average Bonchev–Trinajstić information content (AvgIpc) is 2.81. The lowest BCUT2D eigenvalue weighted by atomic mass is 10.1. The SMILES string of the molecule is OCc1cn2c(n1)CO[C@H](c1ccccc1)C2. The summed E-state index contributed by atoms with van der Waals surface area (Å²) in [5.74, 6) is 0.890. The Morgan fingerprint density at radius 2 is 2.18 bits per heavy atom. The Kier molecular flexibility index (Phi) is 2.66. The molecule has 1 aliphatic rings. The summed E-state index contributed by atoms with van der Waals surface area (Å²) in [4.78, 5) is 4.29. The molecule has 0 unspecified atom stereocenters. The van der Waals surface area contributed by atoms with Gasteiger partial charge in [-0.05, 0) is 5.56 Å². The van der Waals surface area contributed by atoms with Gasteiger partial charge >= 0.3 is 0 Å². The minimum atomic E-state index is -0.0179. The summed E-state index contributed by atoms with van der Waals surface area (Å²) < 4.78 is 7.85. The molecule has 0 saturated carbocycles. The molecule has 0 spiro atoms. The normalized spacial score (nSPS) is 19.0. The third-order valence-corrected chi connectivity index (χ3v) is 3.02. The van der Waals surface area contributed by atoms with Crippen molar-refractivity contribution >= 4 is 0 Å². The highest BCUT2D eigenvalue weighted by atomic mass is 16.5. The summed E-state index contributed by atoms with van der Waals surface area (Å²) in [6, 6.07) is 10.2. The predicted octanol–water partition coefficient (Wildman–Crippen LogP) is 1.65. The van der Waals surface area contributed by atoms with Crippen LogP contribution in [0.4, 0.5) is 0 Å². The maximum atomic E-state index is 9.05. The standard InChI is InChI=1S/C13H14N2O2/c16-8-11-6-15-7-12(17-9-13(15)14-11)10-4-2-1-3-5-10/h1-6,12,16H,7-9H2/t12-/m0/s1. The van der Waals surface area contributed by atoms with Crippen LogP contribution < -0.4 is 0 Å². The second-order valence-electron chi connectivity index (χ2n) is 4.17. The average molecular weight is 230 g/mol. The van der Waals surface area contributed by atoms with E-state index in [0.29, 0.717) is 12.3 Å². The molecule has 0 bridgehead atoms. The van der Waals surface area contributed by atoms with Crippen LogP contribution in [0.5, 0.6) is 0 Å². The van der Waals surface area contributed by atoms with Gasteiger partial charge in [0.1, 0.15) is 18.5 Å². The highest BCUT2D eigenvalue weighted by molar-refractivity contribution is 5.18. The van der Waals surface area contributed by atoms with Crippen molar-refractivity contribution in [3.8, 4) is 0 Å². The summed E-state index contributed by atoms with van der Waals surface area (Å²) in [5.41, 5.74) is 1.88. The van der Waals surface area contributed by atoms with Crippen molar-refractivity contribution in [1.82, 2.24) is 9.55 Å². The Balaban J connectivity index is 1.85. The minimum Gasteiger partial charge on any atom is -0.390 e. The lowest BCUT2D eigenvalue weighted by molar-refractivity contribution is 0.000481. The van der Waals surface area contributed by atoms with E-state index in [4.69, 9.17) is 9.84 Å². The smallest absolute Gasteiger partial charge is 0.135 e. The third kappa shape index (κ3) is 1.97. The number of ether oxygens (including phenoxy) is 1. The number of aliphatic hydroxyl groups excluding tert-OH is 1. The quantitative estimate of drug-likeness (QED) is 0.853. The summed E-state index contributed by atoms with van der Waals surface area (Å²) in [7, 11) is 0. The number of rotatable bonds is 2. The van der Waals surface area contributed by atoms with Gasteiger partial charge in [0.25, 0.3) is 0 Å². The largest absolute Gasteiger partial charge is 0.390 e. The van der Waals surface area contributed by atoms with Gasteiger partial charge in [0.2, 0.25) is 0 Å². The van der Waals surface area contributed by atoms with Crippen molar-refractivity contribution < 1.29 is 9.84 Å². The number of fused-ring (bicyclic) bond motifs is 1. The fourth-order valence-corrected chi connectivity index (χ4v) is 2.14. The monoisotopic (exact) mass is 230 g/mol. The van der Waals surface area contributed by atoms with Crippen LogP contribution in [-0.4, -0.2) is 14.7 Å². The van der Waals surface area contributed by atoms with Crippen molar-refractivity contribution in [3.05, 3.63) is 53.6 Å². The molecule has 4 nitrogen and oxygen atoms in total.